The fourth-order valence-electron chi connectivity index (χ4n) is 1.61. The molecule has 0 saturated carbocycles. The molecule has 0 aliphatic carbocycles. The molecule has 16 heavy (non-hydrogen) atoms. The molecule has 82 valence electrons. The molecular formula is C13H13BrN2. The smallest absolute Gasteiger partial charge is 0.101 e. The third kappa shape index (κ3) is 2.62. The molecule has 0 heterocycles. The second kappa shape index (κ2) is 5.68. The zero-order valence-electron chi connectivity index (χ0n) is 9.42. The maximum absolute atomic E-state index is 9.12. The number of nitrogens with zero attached hydrogens (tertiary/aromatic N) is 2. The Morgan fingerprint density at radius 3 is 2.56 bits per heavy atom. The standard InChI is InChI=1S/C13H13BrN2/c1-3-9(2)11-6-10(4-5-15)7-13(14)12(11)8-16/h6-7,9H,3-4H2,1-2H3. The molecule has 1 aromatic rings. The third-order valence-corrected chi connectivity index (χ3v) is 3.34. The van der Waals surface area contributed by atoms with E-state index in [1.807, 2.05) is 12.1 Å². The first-order valence-electron chi connectivity index (χ1n) is 5.23. The molecule has 0 aromatic heterocycles. The van der Waals surface area contributed by atoms with Crippen molar-refractivity contribution in [1.29, 1.82) is 10.5 Å². The van der Waals surface area contributed by atoms with E-state index >= 15 is 0 Å². The molecule has 0 aliphatic rings. The van der Waals surface area contributed by atoms with Crippen LogP contribution in [0.1, 0.15) is 42.9 Å². The lowest BCUT2D eigenvalue weighted by atomic mass is 9.92. The van der Waals surface area contributed by atoms with Crippen molar-refractivity contribution >= 4 is 15.9 Å². The highest BCUT2D eigenvalue weighted by Crippen LogP contribution is 2.29. The molecule has 1 unspecified atom stereocenters. The first kappa shape index (κ1) is 12.7. The minimum atomic E-state index is 0.338. The van der Waals surface area contributed by atoms with E-state index in [-0.39, 0.29) is 0 Å². The normalized spacial score (nSPS) is 11.6. The summed E-state index contributed by atoms with van der Waals surface area (Å²) in [6, 6.07) is 8.18. The molecule has 0 fully saturated rings. The molecule has 0 saturated heterocycles. The molecule has 2 nitrogen and oxygen atoms in total. The van der Waals surface area contributed by atoms with Crippen LogP contribution < -0.4 is 0 Å². The first-order chi connectivity index (χ1) is 7.63. The van der Waals surface area contributed by atoms with Gasteiger partial charge in [-0.3, -0.25) is 0 Å². The highest BCUT2D eigenvalue weighted by molar-refractivity contribution is 9.10. The van der Waals surface area contributed by atoms with Gasteiger partial charge in [0, 0.05) is 4.47 Å². The molecule has 1 rings (SSSR count). The molecule has 1 atom stereocenters. The van der Waals surface area contributed by atoms with Gasteiger partial charge in [0.05, 0.1) is 18.1 Å². The van der Waals surface area contributed by atoms with Crippen molar-refractivity contribution in [3.63, 3.8) is 0 Å². The number of hydrogen-bond acceptors (Lipinski definition) is 2. The van der Waals surface area contributed by atoms with E-state index in [2.05, 4.69) is 41.9 Å². The van der Waals surface area contributed by atoms with E-state index in [4.69, 9.17) is 10.5 Å². The fourth-order valence-corrected chi connectivity index (χ4v) is 2.22. The summed E-state index contributed by atoms with van der Waals surface area (Å²) in [6.07, 6.45) is 1.37. The van der Waals surface area contributed by atoms with E-state index in [1.54, 1.807) is 0 Å². The number of rotatable bonds is 3. The van der Waals surface area contributed by atoms with Crippen LogP contribution in [0.15, 0.2) is 16.6 Å². The molecular weight excluding hydrogens is 264 g/mol. The molecule has 0 aliphatic heterocycles. The van der Waals surface area contributed by atoms with Gasteiger partial charge < -0.3 is 0 Å². The van der Waals surface area contributed by atoms with Crippen LogP contribution >= 0.6 is 15.9 Å². The Balaban J connectivity index is 3.33. The van der Waals surface area contributed by atoms with Crippen molar-refractivity contribution in [2.75, 3.05) is 0 Å². The van der Waals surface area contributed by atoms with Gasteiger partial charge in [-0.15, -0.1) is 0 Å². The highest BCUT2D eigenvalue weighted by Gasteiger charge is 2.13. The van der Waals surface area contributed by atoms with Gasteiger partial charge in [0.15, 0.2) is 0 Å². The molecule has 0 amide bonds. The zero-order chi connectivity index (χ0) is 12.1. The first-order valence-corrected chi connectivity index (χ1v) is 6.02. The van der Waals surface area contributed by atoms with E-state index in [0.29, 0.717) is 17.9 Å². The van der Waals surface area contributed by atoms with Crippen LogP contribution in [0, 0.1) is 22.7 Å². The fraction of sp³-hybridized carbons (Fsp3) is 0.385. The van der Waals surface area contributed by atoms with Crippen molar-refractivity contribution < 1.29 is 0 Å². The number of nitriles is 2. The van der Waals surface area contributed by atoms with Gasteiger partial charge >= 0.3 is 0 Å². The Morgan fingerprint density at radius 2 is 2.06 bits per heavy atom. The van der Waals surface area contributed by atoms with Crippen LogP contribution in [0.3, 0.4) is 0 Å². The quantitative estimate of drug-likeness (QED) is 0.841. The minimum Gasteiger partial charge on any atom is -0.198 e. The van der Waals surface area contributed by atoms with Crippen LogP contribution in [0.5, 0.6) is 0 Å². The maximum Gasteiger partial charge on any atom is 0.101 e. The van der Waals surface area contributed by atoms with Crippen molar-refractivity contribution in [1.82, 2.24) is 0 Å². The van der Waals surface area contributed by atoms with Crippen LogP contribution in [0.2, 0.25) is 0 Å². The predicted octanol–water partition coefficient (Wildman–Crippen LogP) is 3.90. The maximum atomic E-state index is 9.12. The summed E-state index contributed by atoms with van der Waals surface area (Å²) >= 11 is 3.39. The summed E-state index contributed by atoms with van der Waals surface area (Å²) in [6.45, 7) is 4.19. The molecule has 3 heteroatoms. The van der Waals surface area contributed by atoms with Crippen molar-refractivity contribution in [2.45, 2.75) is 32.6 Å². The Bertz CT molecular complexity index is 466. The number of hydrogen-bond donors (Lipinski definition) is 0. The molecule has 0 radical (unpaired) electrons. The van der Waals surface area contributed by atoms with E-state index in [1.165, 1.54) is 0 Å². The lowest BCUT2D eigenvalue weighted by Gasteiger charge is -2.13. The van der Waals surface area contributed by atoms with Gasteiger partial charge in [-0.1, -0.05) is 19.9 Å². The monoisotopic (exact) mass is 276 g/mol. The minimum absolute atomic E-state index is 0.338. The van der Waals surface area contributed by atoms with Gasteiger partial charge in [-0.25, -0.2) is 0 Å². The second-order valence-electron chi connectivity index (χ2n) is 3.80. The third-order valence-electron chi connectivity index (χ3n) is 2.72. The summed E-state index contributed by atoms with van der Waals surface area (Å²) in [5.41, 5.74) is 2.68. The van der Waals surface area contributed by atoms with E-state index < -0.39 is 0 Å². The van der Waals surface area contributed by atoms with Gasteiger partial charge in [-0.2, -0.15) is 10.5 Å². The van der Waals surface area contributed by atoms with Crippen LogP contribution in [0.4, 0.5) is 0 Å². The van der Waals surface area contributed by atoms with Crippen molar-refractivity contribution in [2.24, 2.45) is 0 Å². The number of halogens is 1. The summed E-state index contributed by atoms with van der Waals surface area (Å²) in [5, 5.41) is 17.8. The predicted molar refractivity (Wildman–Crippen MR) is 66.9 cm³/mol. The molecule has 0 N–H and O–H groups in total. The summed E-state index contributed by atoms with van der Waals surface area (Å²) < 4.78 is 0.790. The second-order valence-corrected chi connectivity index (χ2v) is 4.65. The van der Waals surface area contributed by atoms with E-state index in [9.17, 15) is 0 Å². The van der Waals surface area contributed by atoms with Crippen LogP contribution in [-0.4, -0.2) is 0 Å². The van der Waals surface area contributed by atoms with Crippen LogP contribution in [-0.2, 0) is 6.42 Å². The average Bonchev–Trinajstić information content (AvgIpc) is 2.27. The Morgan fingerprint density at radius 1 is 1.38 bits per heavy atom. The summed E-state index contributed by atoms with van der Waals surface area (Å²) in [7, 11) is 0. The van der Waals surface area contributed by atoms with Gasteiger partial charge in [0.1, 0.15) is 6.07 Å². The topological polar surface area (TPSA) is 47.6 Å². The molecule has 0 bridgehead atoms. The van der Waals surface area contributed by atoms with Crippen molar-refractivity contribution in [3.05, 3.63) is 33.3 Å². The van der Waals surface area contributed by atoms with E-state index in [0.717, 1.165) is 22.0 Å². The largest absolute Gasteiger partial charge is 0.198 e. The lowest BCUT2D eigenvalue weighted by Crippen LogP contribution is -1.99. The van der Waals surface area contributed by atoms with Crippen molar-refractivity contribution in [3.8, 4) is 12.1 Å². The number of benzene rings is 1. The SMILES string of the molecule is CCC(C)c1cc(CC#N)cc(Br)c1C#N. The lowest BCUT2D eigenvalue weighted by molar-refractivity contribution is 0.729. The average molecular weight is 277 g/mol. The van der Waals surface area contributed by atoms with Gasteiger partial charge in [0.25, 0.3) is 0 Å². The summed E-state index contributed by atoms with van der Waals surface area (Å²) in [4.78, 5) is 0. The molecule has 1 aromatic carbocycles. The Hall–Kier alpha value is -1.32. The highest BCUT2D eigenvalue weighted by atomic mass is 79.9. The zero-order valence-corrected chi connectivity index (χ0v) is 11.0. The summed E-state index contributed by atoms with van der Waals surface area (Å²) in [5.74, 6) is 0.338. The Kier molecular flexibility index (Phi) is 4.52. The Labute approximate surface area is 105 Å². The van der Waals surface area contributed by atoms with Gasteiger partial charge in [-0.05, 0) is 45.5 Å². The molecule has 0 spiro atoms. The van der Waals surface area contributed by atoms with Crippen LogP contribution in [0.25, 0.3) is 0 Å². The van der Waals surface area contributed by atoms with Gasteiger partial charge in [0.2, 0.25) is 0 Å².